The molecule has 0 aliphatic carbocycles. The van der Waals surface area contributed by atoms with Crippen LogP contribution in [0, 0.1) is 23.7 Å². The van der Waals surface area contributed by atoms with Crippen LogP contribution in [0.25, 0.3) is 0 Å². The molecule has 3 N–H and O–H groups in total. The summed E-state index contributed by atoms with van der Waals surface area (Å²) in [5, 5.41) is 9.01. The van der Waals surface area contributed by atoms with Gasteiger partial charge in [-0.2, -0.15) is 0 Å². The van der Waals surface area contributed by atoms with Crippen molar-refractivity contribution in [3.63, 3.8) is 0 Å². The Morgan fingerprint density at radius 3 is 2.39 bits per heavy atom. The van der Waals surface area contributed by atoms with Crippen LogP contribution in [0.1, 0.15) is 57.9 Å². The summed E-state index contributed by atoms with van der Waals surface area (Å²) < 4.78 is 0. The largest absolute Gasteiger partial charge is 0.356 e. The van der Waals surface area contributed by atoms with E-state index in [1.807, 2.05) is 18.2 Å². The highest BCUT2D eigenvalue weighted by Crippen LogP contribution is 2.27. The molecule has 0 radical (unpaired) electrons. The molecule has 1 aromatic rings. The molecule has 3 rings (SSSR count). The number of carbonyl (C=O) groups excluding carboxylic acids is 3. The van der Waals surface area contributed by atoms with E-state index in [4.69, 9.17) is 0 Å². The van der Waals surface area contributed by atoms with E-state index in [1.54, 1.807) is 0 Å². The number of benzene rings is 1. The molecule has 31 heavy (non-hydrogen) atoms. The van der Waals surface area contributed by atoms with Crippen LogP contribution in [-0.4, -0.2) is 36.9 Å². The fourth-order valence-electron chi connectivity index (χ4n) is 4.88. The zero-order valence-corrected chi connectivity index (χ0v) is 18.9. The number of nitrogens with one attached hydrogen (secondary N) is 3. The highest BCUT2D eigenvalue weighted by Gasteiger charge is 2.34. The van der Waals surface area contributed by atoms with Crippen molar-refractivity contribution < 1.29 is 14.4 Å². The normalized spacial score (nSPS) is 28.3. The second-order valence-corrected chi connectivity index (χ2v) is 9.55. The van der Waals surface area contributed by atoms with Gasteiger partial charge in [0, 0.05) is 24.9 Å². The van der Waals surface area contributed by atoms with Gasteiger partial charge >= 0.3 is 0 Å². The molecule has 0 saturated carbocycles. The fraction of sp³-hybridized carbons (Fsp3) is 0.640. The molecule has 2 aliphatic heterocycles. The van der Waals surface area contributed by atoms with Crippen molar-refractivity contribution in [3.05, 3.63) is 35.9 Å². The number of fused-ring (bicyclic) bond motifs is 1. The maximum absolute atomic E-state index is 13.2. The van der Waals surface area contributed by atoms with Gasteiger partial charge in [0.05, 0.1) is 0 Å². The van der Waals surface area contributed by atoms with Crippen molar-refractivity contribution >= 4 is 17.7 Å². The Labute approximate surface area is 185 Å². The second kappa shape index (κ2) is 11.3. The zero-order valence-electron chi connectivity index (χ0n) is 18.9. The van der Waals surface area contributed by atoms with Crippen molar-refractivity contribution in [1.82, 2.24) is 16.0 Å². The van der Waals surface area contributed by atoms with E-state index in [-0.39, 0.29) is 35.5 Å². The Hall–Kier alpha value is -2.37. The van der Waals surface area contributed by atoms with Gasteiger partial charge in [-0.1, -0.05) is 57.0 Å². The van der Waals surface area contributed by atoms with Crippen molar-refractivity contribution in [2.45, 2.75) is 64.8 Å². The lowest BCUT2D eigenvalue weighted by Crippen LogP contribution is -2.49. The second-order valence-electron chi connectivity index (χ2n) is 9.55. The van der Waals surface area contributed by atoms with Crippen LogP contribution >= 0.6 is 0 Å². The summed E-state index contributed by atoms with van der Waals surface area (Å²) in [5.74, 6) is 0.353. The summed E-state index contributed by atoms with van der Waals surface area (Å²) >= 11 is 0. The quantitative estimate of drug-likeness (QED) is 0.691. The molecule has 2 fully saturated rings. The molecule has 170 valence electrons. The number of rotatable bonds is 4. The van der Waals surface area contributed by atoms with E-state index in [2.05, 4.69) is 41.9 Å². The first-order valence-corrected chi connectivity index (χ1v) is 11.8. The smallest absolute Gasteiger partial charge is 0.242 e. The Morgan fingerprint density at radius 1 is 0.903 bits per heavy atom. The first-order chi connectivity index (χ1) is 14.9. The molecule has 6 nitrogen and oxygen atoms in total. The summed E-state index contributed by atoms with van der Waals surface area (Å²) in [6.45, 7) is 5.30. The average Bonchev–Trinajstić information content (AvgIpc) is 3.09. The van der Waals surface area contributed by atoms with Crippen LogP contribution in [0.2, 0.25) is 0 Å². The predicted molar refractivity (Wildman–Crippen MR) is 121 cm³/mol. The number of hydrogen-bond donors (Lipinski definition) is 3. The van der Waals surface area contributed by atoms with E-state index >= 15 is 0 Å². The minimum atomic E-state index is -0.540. The van der Waals surface area contributed by atoms with Crippen LogP contribution in [0.15, 0.2) is 30.3 Å². The number of hydrogen-bond acceptors (Lipinski definition) is 3. The van der Waals surface area contributed by atoms with E-state index in [0.29, 0.717) is 31.7 Å². The molecule has 0 aromatic heterocycles. The summed E-state index contributed by atoms with van der Waals surface area (Å²) in [6.07, 6.45) is 5.65. The van der Waals surface area contributed by atoms with Gasteiger partial charge in [0.2, 0.25) is 17.7 Å². The lowest BCUT2D eigenvalue weighted by Gasteiger charge is -2.25. The molecule has 0 spiro atoms. The number of amides is 3. The first-order valence-electron chi connectivity index (χ1n) is 11.8. The number of carbonyl (C=O) groups is 3. The molecule has 0 bridgehead atoms. The van der Waals surface area contributed by atoms with E-state index < -0.39 is 6.04 Å². The highest BCUT2D eigenvalue weighted by atomic mass is 16.2. The zero-order chi connectivity index (χ0) is 22.2. The van der Waals surface area contributed by atoms with Gasteiger partial charge < -0.3 is 16.0 Å². The standard InChI is InChI=1S/C25H37N3O3/c1-17(2)14-22-25(31)26-13-12-21-20(16-27-24(21)30)11-7-6-10-19(23(29)28-22)15-18-8-4-3-5-9-18/h3-5,8-9,17,19-22H,6-7,10-16H2,1-2H3,(H,26,31)(H,27,30)(H,28,29)/t19-,20+,21+,22+/m1/s1. The van der Waals surface area contributed by atoms with Gasteiger partial charge in [-0.25, -0.2) is 0 Å². The first kappa shape index (κ1) is 23.3. The van der Waals surface area contributed by atoms with Crippen molar-refractivity contribution in [3.8, 4) is 0 Å². The summed E-state index contributed by atoms with van der Waals surface area (Å²) in [4.78, 5) is 38.3. The van der Waals surface area contributed by atoms with Gasteiger partial charge in [0.1, 0.15) is 6.04 Å². The van der Waals surface area contributed by atoms with Gasteiger partial charge in [-0.05, 0) is 49.5 Å². The van der Waals surface area contributed by atoms with E-state index in [9.17, 15) is 14.4 Å². The molecular formula is C25H37N3O3. The summed E-state index contributed by atoms with van der Waals surface area (Å²) in [6, 6.07) is 9.54. The van der Waals surface area contributed by atoms with Gasteiger partial charge in [0.15, 0.2) is 0 Å². The molecule has 6 heteroatoms. The third-order valence-electron chi connectivity index (χ3n) is 6.61. The minimum Gasteiger partial charge on any atom is -0.356 e. The van der Waals surface area contributed by atoms with Crippen LogP contribution < -0.4 is 16.0 Å². The predicted octanol–water partition coefficient (Wildman–Crippen LogP) is 2.82. The Balaban J connectivity index is 1.75. The van der Waals surface area contributed by atoms with E-state index in [1.165, 1.54) is 0 Å². The lowest BCUT2D eigenvalue weighted by molar-refractivity contribution is -0.131. The SMILES string of the molecule is CC(C)C[C@@H]1NC(=O)[C@@H](Cc2ccccc2)CCCC[C@H]2CNC(=O)[C@H]2CCNC1=O. The van der Waals surface area contributed by atoms with Crippen molar-refractivity contribution in [2.24, 2.45) is 23.7 Å². The fourth-order valence-corrected chi connectivity index (χ4v) is 4.88. The third kappa shape index (κ3) is 6.81. The average molecular weight is 428 g/mol. The monoisotopic (exact) mass is 427 g/mol. The Kier molecular flexibility index (Phi) is 8.50. The Morgan fingerprint density at radius 2 is 1.65 bits per heavy atom. The molecule has 1 aromatic carbocycles. The highest BCUT2D eigenvalue weighted by molar-refractivity contribution is 5.88. The van der Waals surface area contributed by atoms with E-state index in [0.717, 1.165) is 37.8 Å². The molecular weight excluding hydrogens is 390 g/mol. The van der Waals surface area contributed by atoms with Gasteiger partial charge in [-0.3, -0.25) is 14.4 Å². The molecule has 3 amide bonds. The molecule has 0 unspecified atom stereocenters. The maximum atomic E-state index is 13.2. The van der Waals surface area contributed by atoms with Crippen LogP contribution in [0.4, 0.5) is 0 Å². The van der Waals surface area contributed by atoms with Gasteiger partial charge in [-0.15, -0.1) is 0 Å². The lowest BCUT2D eigenvalue weighted by atomic mass is 9.86. The van der Waals surface area contributed by atoms with Crippen molar-refractivity contribution in [2.75, 3.05) is 13.1 Å². The third-order valence-corrected chi connectivity index (χ3v) is 6.61. The molecule has 2 heterocycles. The summed E-state index contributed by atoms with van der Waals surface area (Å²) in [5.41, 5.74) is 1.14. The molecule has 2 saturated heterocycles. The minimum absolute atomic E-state index is 0.0264. The van der Waals surface area contributed by atoms with Gasteiger partial charge in [0.25, 0.3) is 0 Å². The Bertz CT molecular complexity index is 750. The van der Waals surface area contributed by atoms with Crippen LogP contribution in [-0.2, 0) is 20.8 Å². The topological polar surface area (TPSA) is 87.3 Å². The molecule has 4 atom stereocenters. The van der Waals surface area contributed by atoms with Crippen LogP contribution in [0.3, 0.4) is 0 Å². The van der Waals surface area contributed by atoms with Crippen LogP contribution in [0.5, 0.6) is 0 Å². The van der Waals surface area contributed by atoms with Crippen molar-refractivity contribution in [1.29, 1.82) is 0 Å². The summed E-state index contributed by atoms with van der Waals surface area (Å²) in [7, 11) is 0. The maximum Gasteiger partial charge on any atom is 0.242 e. The molecule has 2 aliphatic rings.